The number of nitrogens with one attached hydrogen (secondary N) is 1. The lowest BCUT2D eigenvalue weighted by atomic mass is 10.1. The average molecular weight is 416 g/mol. The Labute approximate surface area is 170 Å². The zero-order valence-electron chi connectivity index (χ0n) is 16.9. The Hall–Kier alpha value is -1.81. The molecular weight excluding hydrogens is 386 g/mol. The maximum Gasteiger partial charge on any atom is 0.408 e. The van der Waals surface area contributed by atoms with Gasteiger partial charge in [0, 0.05) is 12.4 Å². The number of hydrogen-bond donors (Lipinski definition) is 2. The molecule has 2 unspecified atom stereocenters. The maximum absolute atomic E-state index is 12.1. The molecule has 0 aliphatic carbocycles. The van der Waals surface area contributed by atoms with E-state index in [1.807, 2.05) is 0 Å². The largest absolute Gasteiger partial charge is 0.444 e. The zero-order valence-corrected chi connectivity index (χ0v) is 17.7. The van der Waals surface area contributed by atoms with E-state index in [-0.39, 0.29) is 19.0 Å². The molecule has 0 aromatic heterocycles. The van der Waals surface area contributed by atoms with Crippen LogP contribution in [0.3, 0.4) is 0 Å². The van der Waals surface area contributed by atoms with Crippen LogP contribution in [0.4, 0.5) is 4.79 Å². The molecule has 9 heteroatoms. The Balaban J connectivity index is 2.81. The summed E-state index contributed by atoms with van der Waals surface area (Å²) in [6.07, 6.45) is -1.73. The van der Waals surface area contributed by atoms with E-state index in [1.54, 1.807) is 52.0 Å². The van der Waals surface area contributed by atoms with E-state index in [1.165, 1.54) is 19.2 Å². The van der Waals surface area contributed by atoms with Gasteiger partial charge >= 0.3 is 12.1 Å². The lowest BCUT2D eigenvalue weighted by molar-refractivity contribution is -0.133. The van der Waals surface area contributed by atoms with Gasteiger partial charge in [0.2, 0.25) is 0 Å². The highest BCUT2D eigenvalue weighted by molar-refractivity contribution is 7.94. The Bertz CT molecular complexity index is 616. The fraction of sp³-hybridized carbons (Fsp3) is 0.579. The number of aliphatic hydroxyl groups is 1. The summed E-state index contributed by atoms with van der Waals surface area (Å²) in [6, 6.07) is 5.59. The molecule has 1 aromatic carbocycles. The summed E-state index contributed by atoms with van der Waals surface area (Å²) in [7, 11) is 1.53. The third kappa shape index (κ3) is 9.41. The van der Waals surface area contributed by atoms with Crippen LogP contribution in [0.1, 0.15) is 45.7 Å². The lowest BCUT2D eigenvalue weighted by Gasteiger charge is -2.26. The molecule has 0 aliphatic rings. The predicted octanol–water partition coefficient (Wildman–Crippen LogP) is 3.20. The number of ether oxygens (including phenoxy) is 3. The van der Waals surface area contributed by atoms with Crippen LogP contribution >= 0.6 is 12.0 Å². The summed E-state index contributed by atoms with van der Waals surface area (Å²) in [4.78, 5) is 23.9. The van der Waals surface area contributed by atoms with E-state index in [0.29, 0.717) is 17.1 Å². The molecule has 2 atom stereocenters. The first-order valence-corrected chi connectivity index (χ1v) is 9.82. The molecule has 0 fully saturated rings. The van der Waals surface area contributed by atoms with Gasteiger partial charge in [0.1, 0.15) is 17.4 Å². The number of hydrogen-bond acceptors (Lipinski definition) is 8. The third-order valence-electron chi connectivity index (χ3n) is 3.27. The quantitative estimate of drug-likeness (QED) is 0.197. The van der Waals surface area contributed by atoms with Gasteiger partial charge in [-0.05, 0) is 57.4 Å². The fourth-order valence-electron chi connectivity index (χ4n) is 2.15. The van der Waals surface area contributed by atoms with Crippen LogP contribution in [0, 0.1) is 0 Å². The zero-order chi connectivity index (χ0) is 21.2. The minimum absolute atomic E-state index is 0.214. The first-order valence-electron chi connectivity index (χ1n) is 8.91. The number of aliphatic hydroxyl groups excluding tert-OH is 1. The van der Waals surface area contributed by atoms with Crippen molar-refractivity contribution in [1.82, 2.24) is 5.32 Å². The molecule has 0 saturated carbocycles. The summed E-state index contributed by atoms with van der Waals surface area (Å²) in [5.74, 6) is 0.476. The van der Waals surface area contributed by atoms with Gasteiger partial charge < -0.3 is 28.8 Å². The third-order valence-corrected chi connectivity index (χ3v) is 3.88. The molecule has 28 heavy (non-hydrogen) atoms. The van der Waals surface area contributed by atoms with Crippen LogP contribution in [0.2, 0.25) is 0 Å². The van der Waals surface area contributed by atoms with Gasteiger partial charge in [-0.25, -0.2) is 4.79 Å². The molecule has 0 saturated heterocycles. The Morgan fingerprint density at radius 2 is 1.86 bits per heavy atom. The number of amides is 1. The van der Waals surface area contributed by atoms with Crippen LogP contribution in [-0.4, -0.2) is 48.5 Å². The van der Waals surface area contributed by atoms with Gasteiger partial charge in [0.05, 0.1) is 13.5 Å². The number of benzene rings is 1. The van der Waals surface area contributed by atoms with Crippen LogP contribution < -0.4 is 10.1 Å². The SMILES string of the molecule is CCOC(O)C(NC(=O)OC(C)(C)C)c1ccc(OC(=O)CCSOC)cc1. The number of carbonyl (C=O) groups is 2. The van der Waals surface area contributed by atoms with Crippen molar-refractivity contribution < 1.29 is 33.1 Å². The van der Waals surface area contributed by atoms with Crippen molar-refractivity contribution in [3.05, 3.63) is 29.8 Å². The highest BCUT2D eigenvalue weighted by Crippen LogP contribution is 2.22. The van der Waals surface area contributed by atoms with E-state index in [4.69, 9.17) is 18.4 Å². The molecule has 1 aromatic rings. The van der Waals surface area contributed by atoms with Crippen molar-refractivity contribution in [1.29, 1.82) is 0 Å². The minimum Gasteiger partial charge on any atom is -0.444 e. The summed E-state index contributed by atoms with van der Waals surface area (Å²) >= 11 is 1.18. The molecule has 0 heterocycles. The molecule has 0 spiro atoms. The summed E-state index contributed by atoms with van der Waals surface area (Å²) < 4.78 is 20.5. The van der Waals surface area contributed by atoms with E-state index in [9.17, 15) is 14.7 Å². The van der Waals surface area contributed by atoms with E-state index >= 15 is 0 Å². The van der Waals surface area contributed by atoms with Crippen molar-refractivity contribution in [2.45, 2.75) is 52.0 Å². The molecule has 0 aliphatic heterocycles. The number of esters is 1. The van der Waals surface area contributed by atoms with Crippen LogP contribution in [0.15, 0.2) is 24.3 Å². The fourth-order valence-corrected chi connectivity index (χ4v) is 2.57. The Kier molecular flexibility index (Phi) is 10.3. The van der Waals surface area contributed by atoms with Crippen LogP contribution in [0.5, 0.6) is 5.75 Å². The van der Waals surface area contributed by atoms with Gasteiger partial charge in [-0.1, -0.05) is 12.1 Å². The van der Waals surface area contributed by atoms with Crippen LogP contribution in [0.25, 0.3) is 0 Å². The van der Waals surface area contributed by atoms with Gasteiger partial charge in [0.25, 0.3) is 0 Å². The molecule has 0 bridgehead atoms. The van der Waals surface area contributed by atoms with Gasteiger partial charge in [-0.15, -0.1) is 0 Å². The van der Waals surface area contributed by atoms with Crippen molar-refractivity contribution in [3.8, 4) is 5.75 Å². The molecular formula is C19H29NO7S. The second kappa shape index (κ2) is 11.9. The Morgan fingerprint density at radius 3 is 2.39 bits per heavy atom. The second-order valence-electron chi connectivity index (χ2n) is 6.75. The monoisotopic (exact) mass is 415 g/mol. The van der Waals surface area contributed by atoms with E-state index < -0.39 is 24.0 Å². The van der Waals surface area contributed by atoms with Gasteiger partial charge in [0.15, 0.2) is 6.29 Å². The van der Waals surface area contributed by atoms with Gasteiger partial charge in [-0.2, -0.15) is 0 Å². The minimum atomic E-state index is -1.27. The predicted molar refractivity (Wildman–Crippen MR) is 106 cm³/mol. The van der Waals surface area contributed by atoms with Crippen molar-refractivity contribution in [2.24, 2.45) is 0 Å². The smallest absolute Gasteiger partial charge is 0.408 e. The highest BCUT2D eigenvalue weighted by Gasteiger charge is 2.26. The summed E-state index contributed by atoms with van der Waals surface area (Å²) in [6.45, 7) is 7.24. The number of alkyl carbamates (subject to hydrolysis) is 1. The maximum atomic E-state index is 12.1. The molecule has 2 N–H and O–H groups in total. The summed E-state index contributed by atoms with van der Waals surface area (Å²) in [5, 5.41) is 12.9. The highest BCUT2D eigenvalue weighted by atomic mass is 32.2. The molecule has 0 radical (unpaired) electrons. The first-order chi connectivity index (χ1) is 13.2. The first kappa shape index (κ1) is 24.2. The van der Waals surface area contributed by atoms with Crippen molar-refractivity contribution in [2.75, 3.05) is 19.5 Å². The molecule has 8 nitrogen and oxygen atoms in total. The summed E-state index contributed by atoms with van der Waals surface area (Å²) in [5.41, 5.74) is -0.105. The van der Waals surface area contributed by atoms with Crippen LogP contribution in [-0.2, 0) is 18.5 Å². The standard InChI is InChI=1S/C19H29NO7S/c1-6-25-17(22)16(20-18(23)27-19(2,3)4)13-7-9-14(10-8-13)26-15(21)11-12-28-24-5/h7-10,16-17,22H,6,11-12H2,1-5H3,(H,20,23). The van der Waals surface area contributed by atoms with Crippen molar-refractivity contribution >= 4 is 24.1 Å². The molecule has 1 amide bonds. The molecule has 158 valence electrons. The van der Waals surface area contributed by atoms with E-state index in [0.717, 1.165) is 0 Å². The lowest BCUT2D eigenvalue weighted by Crippen LogP contribution is -2.40. The van der Waals surface area contributed by atoms with E-state index in [2.05, 4.69) is 5.32 Å². The number of carbonyl (C=O) groups excluding carboxylic acids is 2. The Morgan fingerprint density at radius 1 is 1.21 bits per heavy atom. The second-order valence-corrected chi connectivity index (χ2v) is 7.73. The van der Waals surface area contributed by atoms with Crippen molar-refractivity contribution in [3.63, 3.8) is 0 Å². The molecule has 1 rings (SSSR count). The number of rotatable bonds is 10. The average Bonchev–Trinajstić information content (AvgIpc) is 2.59. The normalized spacial score (nSPS) is 13.5. The topological polar surface area (TPSA) is 103 Å². The van der Waals surface area contributed by atoms with Gasteiger partial charge in [-0.3, -0.25) is 4.79 Å².